The van der Waals surface area contributed by atoms with Crippen LogP contribution in [0.15, 0.2) is 17.3 Å². The summed E-state index contributed by atoms with van der Waals surface area (Å²) >= 11 is 1.86. The Labute approximate surface area is 158 Å². The van der Waals surface area contributed by atoms with Gasteiger partial charge in [0.05, 0.1) is 5.69 Å². The molecule has 1 aliphatic heterocycles. The van der Waals surface area contributed by atoms with E-state index in [4.69, 9.17) is 21.1 Å². The Balaban J connectivity index is 1.62. The van der Waals surface area contributed by atoms with Crippen molar-refractivity contribution in [3.05, 3.63) is 33.7 Å². The van der Waals surface area contributed by atoms with Crippen molar-refractivity contribution >= 4 is 27.8 Å². The van der Waals surface area contributed by atoms with E-state index < -0.39 is 0 Å². The van der Waals surface area contributed by atoms with E-state index in [1.165, 1.54) is 48.6 Å². The van der Waals surface area contributed by atoms with Gasteiger partial charge in [0.2, 0.25) is 0 Å². The summed E-state index contributed by atoms with van der Waals surface area (Å²) in [5.74, 6) is 1.56. The third-order valence-electron chi connectivity index (χ3n) is 5.66. The molecular weight excluding hydrogens is 342 g/mol. The van der Waals surface area contributed by atoms with Gasteiger partial charge in [-0.25, -0.2) is 9.97 Å². The lowest BCUT2D eigenvalue weighted by Crippen LogP contribution is -2.33. The molecule has 6 heteroatoms. The first-order chi connectivity index (χ1) is 12.6. The summed E-state index contributed by atoms with van der Waals surface area (Å²) < 4.78 is 0. The first-order valence-electron chi connectivity index (χ1n) is 9.61. The van der Waals surface area contributed by atoms with Crippen LogP contribution >= 0.6 is 11.3 Å². The number of nitrogens with two attached hydrogens (primary N) is 1. The normalized spacial score (nSPS) is 20.0. The molecule has 0 spiro atoms. The fourth-order valence-electron chi connectivity index (χ4n) is 4.17. The number of nitrogens with one attached hydrogen (secondary N) is 1. The molecule has 3 heterocycles. The number of fused-ring (bicyclic) bond motifs is 1. The third-order valence-corrected chi connectivity index (χ3v) is 6.85. The molecule has 1 fully saturated rings. The van der Waals surface area contributed by atoms with Gasteiger partial charge in [-0.05, 0) is 31.7 Å². The minimum atomic E-state index is 0.707. The predicted octanol–water partition coefficient (Wildman–Crippen LogP) is 4.12. The highest BCUT2D eigenvalue weighted by molar-refractivity contribution is 7.18. The molecule has 0 aromatic carbocycles. The molecule has 1 aliphatic carbocycles. The minimum Gasteiger partial charge on any atom is -0.402 e. The summed E-state index contributed by atoms with van der Waals surface area (Å²) in [6, 6.07) is 2.36. The van der Waals surface area contributed by atoms with E-state index in [0.29, 0.717) is 5.92 Å². The Bertz CT molecular complexity index is 847. The topological polar surface area (TPSA) is 78.9 Å². The molecule has 2 aromatic rings. The van der Waals surface area contributed by atoms with Gasteiger partial charge in [-0.2, -0.15) is 0 Å². The molecule has 1 saturated carbocycles. The Kier molecular flexibility index (Phi) is 5.05. The Morgan fingerprint density at radius 2 is 2.12 bits per heavy atom. The molecule has 0 amide bonds. The van der Waals surface area contributed by atoms with Gasteiger partial charge in [0.1, 0.15) is 10.7 Å². The van der Waals surface area contributed by atoms with Gasteiger partial charge in [-0.3, -0.25) is 4.90 Å². The Morgan fingerprint density at radius 3 is 2.88 bits per heavy atom. The zero-order valence-electron chi connectivity index (χ0n) is 15.4. The second-order valence-corrected chi connectivity index (χ2v) is 8.64. The highest BCUT2D eigenvalue weighted by Gasteiger charge is 2.22. The van der Waals surface area contributed by atoms with Crippen LogP contribution in [0, 0.1) is 12.3 Å². The predicted molar refractivity (Wildman–Crippen MR) is 108 cm³/mol. The second-order valence-electron chi connectivity index (χ2n) is 7.58. The van der Waals surface area contributed by atoms with Crippen LogP contribution in [0.1, 0.15) is 60.8 Å². The fraction of sp³-hybridized carbons (Fsp3) is 0.550. The summed E-state index contributed by atoms with van der Waals surface area (Å²) in [5.41, 5.74) is 8.94. The van der Waals surface area contributed by atoms with Crippen LogP contribution in [-0.2, 0) is 6.54 Å². The molecule has 0 atom stereocenters. The number of nitrogens with zero attached hydrogens (tertiary/aromatic N) is 3. The number of aryl methyl sites for hydroxylation is 1. The average Bonchev–Trinajstić information content (AvgIpc) is 3.08. The second kappa shape index (κ2) is 7.45. The van der Waals surface area contributed by atoms with E-state index in [2.05, 4.69) is 11.0 Å². The molecule has 2 aromatic heterocycles. The van der Waals surface area contributed by atoms with Crippen LogP contribution in [-0.4, -0.2) is 34.2 Å². The first-order valence-corrected chi connectivity index (χ1v) is 10.4. The molecule has 4 rings (SSSR count). The molecule has 26 heavy (non-hydrogen) atoms. The lowest BCUT2D eigenvalue weighted by molar-refractivity contribution is 0.279. The third kappa shape index (κ3) is 3.53. The van der Waals surface area contributed by atoms with Gasteiger partial charge in [0, 0.05) is 53.8 Å². The van der Waals surface area contributed by atoms with Crippen molar-refractivity contribution in [2.24, 2.45) is 5.73 Å². The lowest BCUT2D eigenvalue weighted by Gasteiger charge is -2.27. The summed E-state index contributed by atoms with van der Waals surface area (Å²) in [6.45, 7) is 4.44. The standard InChI is InChI=1S/C20H27N5S/c1-13-23-18(12-25-8-7-17(22)15(10-21)11-25)16-9-19(26-20(16)24-13)14-5-3-2-4-6-14/h9-10,14,21H,2-8,11-12,22H2,1H3. The fourth-order valence-corrected chi connectivity index (χ4v) is 5.44. The summed E-state index contributed by atoms with van der Waals surface area (Å²) in [4.78, 5) is 14.4. The van der Waals surface area contributed by atoms with Gasteiger partial charge in [0.15, 0.2) is 0 Å². The zero-order valence-corrected chi connectivity index (χ0v) is 16.2. The highest BCUT2D eigenvalue weighted by atomic mass is 32.1. The summed E-state index contributed by atoms with van der Waals surface area (Å²) in [7, 11) is 0. The summed E-state index contributed by atoms with van der Waals surface area (Å²) in [5, 5.41) is 8.79. The molecule has 5 nitrogen and oxygen atoms in total. The summed E-state index contributed by atoms with van der Waals surface area (Å²) in [6.07, 6.45) is 8.94. The van der Waals surface area contributed by atoms with Gasteiger partial charge in [-0.15, -0.1) is 11.3 Å². The maximum atomic E-state index is 7.57. The minimum absolute atomic E-state index is 0.707. The van der Waals surface area contributed by atoms with E-state index in [0.717, 1.165) is 53.7 Å². The van der Waals surface area contributed by atoms with Gasteiger partial charge in [-0.1, -0.05) is 19.3 Å². The van der Waals surface area contributed by atoms with E-state index in [1.54, 1.807) is 0 Å². The quantitative estimate of drug-likeness (QED) is 0.795. The van der Waals surface area contributed by atoms with Crippen LogP contribution in [0.4, 0.5) is 0 Å². The molecule has 0 radical (unpaired) electrons. The van der Waals surface area contributed by atoms with Gasteiger partial charge < -0.3 is 11.1 Å². The van der Waals surface area contributed by atoms with Crippen molar-refractivity contribution in [2.45, 2.75) is 57.9 Å². The van der Waals surface area contributed by atoms with E-state index in [1.807, 2.05) is 18.3 Å². The molecule has 0 saturated heterocycles. The monoisotopic (exact) mass is 369 g/mol. The van der Waals surface area contributed by atoms with Crippen molar-refractivity contribution in [3.8, 4) is 0 Å². The number of aromatic nitrogens is 2. The number of hydrogen-bond acceptors (Lipinski definition) is 6. The van der Waals surface area contributed by atoms with Crippen molar-refractivity contribution < 1.29 is 0 Å². The molecule has 3 N–H and O–H groups in total. The SMILES string of the molecule is Cc1nc(CN2CCC(N)=C(C=N)C2)c2cc(C3CCCCC3)sc2n1. The van der Waals surface area contributed by atoms with Crippen molar-refractivity contribution in [1.82, 2.24) is 14.9 Å². The molecule has 0 unspecified atom stereocenters. The number of thiophene rings is 1. The smallest absolute Gasteiger partial charge is 0.127 e. The van der Waals surface area contributed by atoms with Crippen LogP contribution < -0.4 is 5.73 Å². The maximum Gasteiger partial charge on any atom is 0.127 e. The van der Waals surface area contributed by atoms with Crippen molar-refractivity contribution in [3.63, 3.8) is 0 Å². The van der Waals surface area contributed by atoms with Crippen LogP contribution in [0.3, 0.4) is 0 Å². The molecule has 0 bridgehead atoms. The zero-order chi connectivity index (χ0) is 18.1. The van der Waals surface area contributed by atoms with Crippen LogP contribution in [0.5, 0.6) is 0 Å². The number of rotatable bonds is 4. The van der Waals surface area contributed by atoms with Gasteiger partial charge >= 0.3 is 0 Å². The van der Waals surface area contributed by atoms with E-state index in [-0.39, 0.29) is 0 Å². The van der Waals surface area contributed by atoms with E-state index in [9.17, 15) is 0 Å². The first kappa shape index (κ1) is 17.6. The lowest BCUT2D eigenvalue weighted by atomic mass is 9.88. The highest BCUT2D eigenvalue weighted by Crippen LogP contribution is 2.39. The van der Waals surface area contributed by atoms with E-state index >= 15 is 0 Å². The molecule has 138 valence electrons. The van der Waals surface area contributed by atoms with Crippen LogP contribution in [0.25, 0.3) is 10.2 Å². The molecule has 2 aliphatic rings. The Hall–Kier alpha value is -1.79. The Morgan fingerprint density at radius 1 is 1.31 bits per heavy atom. The molecular formula is C20H27N5S. The number of hydrogen-bond donors (Lipinski definition) is 2. The average molecular weight is 370 g/mol. The maximum absolute atomic E-state index is 7.57. The largest absolute Gasteiger partial charge is 0.402 e. The van der Waals surface area contributed by atoms with Gasteiger partial charge in [0.25, 0.3) is 0 Å². The van der Waals surface area contributed by atoms with Crippen LogP contribution in [0.2, 0.25) is 0 Å². The van der Waals surface area contributed by atoms with Crippen molar-refractivity contribution in [1.29, 1.82) is 5.41 Å². The van der Waals surface area contributed by atoms with Crippen molar-refractivity contribution in [2.75, 3.05) is 13.1 Å².